The molecule has 0 saturated carbocycles. The lowest BCUT2D eigenvalue weighted by Crippen LogP contribution is -2.40. The predicted molar refractivity (Wildman–Crippen MR) is 120 cm³/mol. The molecule has 5 nitrogen and oxygen atoms in total. The van der Waals surface area contributed by atoms with Crippen LogP contribution in [0.4, 0.5) is 5.69 Å². The van der Waals surface area contributed by atoms with Crippen molar-refractivity contribution in [3.8, 4) is 0 Å². The summed E-state index contributed by atoms with van der Waals surface area (Å²) < 4.78 is 3.62. The van der Waals surface area contributed by atoms with Crippen molar-refractivity contribution >= 4 is 29.6 Å². The first-order valence-electron chi connectivity index (χ1n) is 10.0. The van der Waals surface area contributed by atoms with Crippen LogP contribution in [-0.2, 0) is 4.79 Å². The smallest absolute Gasteiger partial charge is 0.267 e. The maximum absolute atomic E-state index is 11.3. The van der Waals surface area contributed by atoms with Crippen molar-refractivity contribution in [3.05, 3.63) is 65.7 Å². The number of hydroxylamine groups is 1. The lowest BCUT2D eigenvalue weighted by Gasteiger charge is -2.34. The van der Waals surface area contributed by atoms with E-state index >= 15 is 0 Å². The number of nitrogens with one attached hydrogen (secondary N) is 2. The highest BCUT2D eigenvalue weighted by atomic mass is 32.2. The zero-order valence-electron chi connectivity index (χ0n) is 17.0. The van der Waals surface area contributed by atoms with E-state index in [0.29, 0.717) is 12.0 Å². The molecule has 0 aliphatic carbocycles. The van der Waals surface area contributed by atoms with E-state index in [1.54, 1.807) is 23.5 Å². The predicted octanol–water partition coefficient (Wildman–Crippen LogP) is 4.59. The Bertz CT molecular complexity index is 828. The van der Waals surface area contributed by atoms with Gasteiger partial charge in [0.25, 0.3) is 5.91 Å². The number of carbonyl (C=O) groups is 1. The third-order valence-corrected chi connectivity index (χ3v) is 6.15. The van der Waals surface area contributed by atoms with Gasteiger partial charge < -0.3 is 4.90 Å². The summed E-state index contributed by atoms with van der Waals surface area (Å²) in [6, 6.07) is 17.3. The molecule has 0 bridgehead atoms. The zero-order valence-corrected chi connectivity index (χ0v) is 17.8. The first-order chi connectivity index (χ1) is 14.1. The number of hydrogen-bond donors (Lipinski definition) is 3. The molecular weight excluding hydrogens is 382 g/mol. The highest BCUT2D eigenvalue weighted by Gasteiger charge is 2.20. The molecule has 3 rings (SSSR count). The van der Waals surface area contributed by atoms with Crippen molar-refractivity contribution < 1.29 is 10.0 Å². The highest BCUT2D eigenvalue weighted by molar-refractivity contribution is 7.97. The fourth-order valence-electron chi connectivity index (χ4n) is 3.43. The Labute approximate surface area is 177 Å². The number of piperidine rings is 1. The minimum Gasteiger partial charge on any atom is -0.371 e. The molecule has 1 fully saturated rings. The number of benzene rings is 2. The van der Waals surface area contributed by atoms with Gasteiger partial charge in [-0.2, -0.15) is 0 Å². The number of para-hydroxylation sites is 1. The number of nitrogens with zero attached hydrogens (tertiary/aromatic N) is 1. The Morgan fingerprint density at radius 3 is 2.48 bits per heavy atom. The molecule has 29 heavy (non-hydrogen) atoms. The van der Waals surface area contributed by atoms with E-state index in [4.69, 9.17) is 5.21 Å². The summed E-state index contributed by atoms with van der Waals surface area (Å²) in [5, 5.41) is 8.66. The molecule has 154 valence electrons. The maximum atomic E-state index is 11.3. The number of anilines is 1. The van der Waals surface area contributed by atoms with Gasteiger partial charge in [-0.3, -0.25) is 14.7 Å². The van der Waals surface area contributed by atoms with Crippen LogP contribution in [0.15, 0.2) is 59.5 Å². The summed E-state index contributed by atoms with van der Waals surface area (Å²) in [6.07, 6.45) is 5.20. The van der Waals surface area contributed by atoms with Crippen molar-refractivity contribution in [1.82, 2.24) is 10.2 Å². The Morgan fingerprint density at radius 2 is 1.83 bits per heavy atom. The van der Waals surface area contributed by atoms with Crippen LogP contribution in [-0.4, -0.2) is 30.2 Å². The average molecular weight is 412 g/mol. The van der Waals surface area contributed by atoms with Gasteiger partial charge in [-0.1, -0.05) is 44.2 Å². The molecular formula is C23H29N3O2S. The fraction of sp³-hybridized carbons (Fsp3) is 0.348. The maximum Gasteiger partial charge on any atom is 0.267 e. The van der Waals surface area contributed by atoms with Crippen LogP contribution < -0.4 is 15.1 Å². The largest absolute Gasteiger partial charge is 0.371 e. The summed E-state index contributed by atoms with van der Waals surface area (Å²) in [7, 11) is 0. The molecule has 6 heteroatoms. The van der Waals surface area contributed by atoms with Crippen LogP contribution in [0.25, 0.3) is 6.08 Å². The third-order valence-electron chi connectivity index (χ3n) is 5.19. The van der Waals surface area contributed by atoms with Gasteiger partial charge >= 0.3 is 0 Å². The van der Waals surface area contributed by atoms with E-state index in [1.807, 2.05) is 18.2 Å². The molecule has 0 spiro atoms. The van der Waals surface area contributed by atoms with Crippen molar-refractivity contribution in [2.24, 2.45) is 0 Å². The lowest BCUT2D eigenvalue weighted by molar-refractivity contribution is -0.124. The SMILES string of the molecule is CC(C)c1ccc(SNC2CCN(c3ccccc3/C=C/C(=O)NO)CC2)cc1. The van der Waals surface area contributed by atoms with Crippen LogP contribution in [0.5, 0.6) is 0 Å². The Hall–Kier alpha value is -2.28. The van der Waals surface area contributed by atoms with Gasteiger partial charge in [0.2, 0.25) is 0 Å². The van der Waals surface area contributed by atoms with Gasteiger partial charge in [0.15, 0.2) is 0 Å². The molecule has 1 saturated heterocycles. The third kappa shape index (κ3) is 6.10. The monoisotopic (exact) mass is 411 g/mol. The number of rotatable bonds is 7. The van der Waals surface area contributed by atoms with E-state index in [9.17, 15) is 4.79 Å². The topological polar surface area (TPSA) is 64.6 Å². The van der Waals surface area contributed by atoms with Gasteiger partial charge in [0, 0.05) is 35.8 Å². The molecule has 1 aliphatic rings. The summed E-state index contributed by atoms with van der Waals surface area (Å²) in [4.78, 5) is 14.9. The van der Waals surface area contributed by atoms with Gasteiger partial charge in [-0.05, 0) is 66.1 Å². The fourth-order valence-corrected chi connectivity index (χ4v) is 4.24. The zero-order chi connectivity index (χ0) is 20.6. The van der Waals surface area contributed by atoms with Crippen LogP contribution in [0, 0.1) is 0 Å². The van der Waals surface area contributed by atoms with Crippen molar-refractivity contribution in [1.29, 1.82) is 0 Å². The molecule has 3 N–H and O–H groups in total. The summed E-state index contributed by atoms with van der Waals surface area (Å²) in [5.74, 6) is 0.0308. The van der Waals surface area contributed by atoms with Gasteiger partial charge in [-0.15, -0.1) is 0 Å². The van der Waals surface area contributed by atoms with Gasteiger partial charge in [0.05, 0.1) is 0 Å². The van der Waals surface area contributed by atoms with Gasteiger partial charge in [0.1, 0.15) is 0 Å². The first kappa shape index (κ1) is 21.4. The summed E-state index contributed by atoms with van der Waals surface area (Å²) in [5.41, 5.74) is 5.08. The summed E-state index contributed by atoms with van der Waals surface area (Å²) in [6.45, 7) is 6.34. The molecule has 0 unspecified atom stereocenters. The molecule has 0 atom stereocenters. The van der Waals surface area contributed by atoms with E-state index in [1.165, 1.54) is 16.5 Å². The molecule has 2 aromatic carbocycles. The second kappa shape index (κ2) is 10.5. The minimum atomic E-state index is -0.527. The van der Waals surface area contributed by atoms with E-state index < -0.39 is 5.91 Å². The number of hydrogen-bond acceptors (Lipinski definition) is 5. The second-order valence-corrected chi connectivity index (χ2v) is 8.48. The van der Waals surface area contributed by atoms with Gasteiger partial charge in [-0.25, -0.2) is 5.48 Å². The normalized spacial score (nSPS) is 15.2. The quantitative estimate of drug-likeness (QED) is 0.269. The highest BCUT2D eigenvalue weighted by Crippen LogP contribution is 2.27. The van der Waals surface area contributed by atoms with E-state index in [0.717, 1.165) is 37.2 Å². The Kier molecular flexibility index (Phi) is 7.75. The van der Waals surface area contributed by atoms with Crippen LogP contribution >= 0.6 is 11.9 Å². The molecule has 1 heterocycles. The average Bonchev–Trinajstić information content (AvgIpc) is 2.77. The van der Waals surface area contributed by atoms with Crippen molar-refractivity contribution in [2.75, 3.05) is 18.0 Å². The molecule has 1 aliphatic heterocycles. The lowest BCUT2D eigenvalue weighted by atomic mass is 10.0. The number of amides is 1. The van der Waals surface area contributed by atoms with Crippen LogP contribution in [0.1, 0.15) is 43.7 Å². The van der Waals surface area contributed by atoms with Crippen LogP contribution in [0.2, 0.25) is 0 Å². The van der Waals surface area contributed by atoms with Crippen molar-refractivity contribution in [2.45, 2.75) is 43.5 Å². The summed E-state index contributed by atoms with van der Waals surface area (Å²) >= 11 is 1.71. The van der Waals surface area contributed by atoms with E-state index in [-0.39, 0.29) is 0 Å². The molecule has 2 aromatic rings. The van der Waals surface area contributed by atoms with Crippen LogP contribution in [0.3, 0.4) is 0 Å². The molecule has 0 radical (unpaired) electrons. The minimum absolute atomic E-state index is 0.476. The second-order valence-electron chi connectivity index (χ2n) is 7.57. The molecule has 0 aromatic heterocycles. The van der Waals surface area contributed by atoms with E-state index in [2.05, 4.69) is 53.8 Å². The standard InChI is InChI=1S/C23H29N3O2S/c1-17(2)18-7-10-21(11-8-18)29-25-20-13-15-26(16-14-20)22-6-4-3-5-19(22)9-12-23(27)24-28/h3-12,17,20,25,28H,13-16H2,1-2H3,(H,24,27)/b12-9+. The Balaban J connectivity index is 1.53. The number of carbonyl (C=O) groups excluding carboxylic acids is 1. The first-order valence-corrected chi connectivity index (χ1v) is 10.9. The Morgan fingerprint density at radius 1 is 1.14 bits per heavy atom. The molecule has 1 amide bonds. The van der Waals surface area contributed by atoms with Crippen molar-refractivity contribution in [3.63, 3.8) is 0 Å².